The summed E-state index contributed by atoms with van der Waals surface area (Å²) in [5.41, 5.74) is 0.489. The molecule has 4 rings (SSSR count). The number of carboxylic acid groups (broad SMARTS) is 1. The molecule has 0 aliphatic carbocycles. The number of amides is 2. The van der Waals surface area contributed by atoms with Crippen LogP contribution >= 0.6 is 23.5 Å². The predicted molar refractivity (Wildman–Crippen MR) is 126 cm³/mol. The molecule has 2 aliphatic heterocycles. The van der Waals surface area contributed by atoms with Crippen LogP contribution < -0.4 is 5.32 Å². The van der Waals surface area contributed by atoms with E-state index >= 15 is 0 Å². The number of aliphatic carboxylic acids is 1. The van der Waals surface area contributed by atoms with Crippen molar-refractivity contribution in [3.8, 4) is 0 Å². The average molecular weight is 571 g/mol. The van der Waals surface area contributed by atoms with Crippen molar-refractivity contribution in [2.75, 3.05) is 11.5 Å². The Morgan fingerprint density at radius 2 is 2.05 bits per heavy atom. The normalized spacial score (nSPS) is 20.0. The fraction of sp³-hybridized carbons (Fsp3) is 0.316. The standard InChI is InChI=1S/C19H18N6O9S3/c26-9-34-14(10-4-2-1-3-5-10)15(27)20-12-16(28)25-13(18(29)30)11(6-35-17(12)25)7-36-19-21-22-23-24(19)8-37(31,32)33/h1-5,9,12,14,17H,6-8H2,(H,20,27)(H,29,30)(H,31,32,33)/t12?,14-,17-/m1/s1. The van der Waals surface area contributed by atoms with Crippen LogP contribution in [0.25, 0.3) is 0 Å². The fourth-order valence-electron chi connectivity index (χ4n) is 3.69. The van der Waals surface area contributed by atoms with Gasteiger partial charge in [0.25, 0.3) is 28.4 Å². The molecule has 0 radical (unpaired) electrons. The van der Waals surface area contributed by atoms with Crippen LogP contribution in [0.1, 0.15) is 11.7 Å². The van der Waals surface area contributed by atoms with Gasteiger partial charge < -0.3 is 15.2 Å². The highest BCUT2D eigenvalue weighted by Crippen LogP contribution is 2.41. The number of fused-ring (bicyclic) bond motifs is 1. The molecule has 1 fully saturated rings. The molecule has 18 heteroatoms. The van der Waals surface area contributed by atoms with Crippen molar-refractivity contribution in [2.45, 2.75) is 28.6 Å². The van der Waals surface area contributed by atoms with Crippen molar-refractivity contribution in [3.05, 3.63) is 47.2 Å². The largest absolute Gasteiger partial charge is 0.477 e. The van der Waals surface area contributed by atoms with Gasteiger partial charge in [0, 0.05) is 17.1 Å². The van der Waals surface area contributed by atoms with Crippen molar-refractivity contribution in [1.82, 2.24) is 30.4 Å². The second-order valence-corrected chi connectivity index (χ2v) is 11.1. The first kappa shape index (κ1) is 26.6. The molecule has 0 spiro atoms. The minimum absolute atomic E-state index is 0.0112. The molecule has 1 aromatic heterocycles. The van der Waals surface area contributed by atoms with E-state index in [2.05, 4.69) is 20.8 Å². The molecule has 0 saturated carbocycles. The molecule has 3 N–H and O–H groups in total. The van der Waals surface area contributed by atoms with Gasteiger partial charge in [0.05, 0.1) is 0 Å². The summed E-state index contributed by atoms with van der Waals surface area (Å²) in [6.07, 6.45) is -1.29. The quantitative estimate of drug-likeness (QED) is 0.132. The zero-order valence-corrected chi connectivity index (χ0v) is 21.0. The fourth-order valence-corrected chi connectivity index (χ4v) is 6.61. The molecule has 3 atom stereocenters. The maximum absolute atomic E-state index is 12.9. The van der Waals surface area contributed by atoms with Crippen molar-refractivity contribution < 1.29 is 42.0 Å². The van der Waals surface area contributed by atoms with Crippen LogP contribution in [-0.2, 0) is 39.9 Å². The Hall–Kier alpha value is -3.48. The first-order valence-corrected chi connectivity index (χ1v) is 13.9. The molecular formula is C19H18N6O9S3. The second kappa shape index (κ2) is 10.9. The van der Waals surface area contributed by atoms with Crippen molar-refractivity contribution >= 4 is 57.9 Å². The number of rotatable bonds is 11. The zero-order chi connectivity index (χ0) is 26.7. The van der Waals surface area contributed by atoms with Crippen LogP contribution in [0.3, 0.4) is 0 Å². The summed E-state index contributed by atoms with van der Waals surface area (Å²) >= 11 is 2.15. The van der Waals surface area contributed by atoms with E-state index in [1.165, 1.54) is 11.8 Å². The van der Waals surface area contributed by atoms with E-state index in [1.807, 2.05) is 0 Å². The van der Waals surface area contributed by atoms with Crippen LogP contribution in [0.2, 0.25) is 0 Å². The molecule has 2 amide bonds. The number of hydrogen-bond acceptors (Lipinski definition) is 12. The third kappa shape index (κ3) is 5.76. The van der Waals surface area contributed by atoms with Crippen molar-refractivity contribution in [1.29, 1.82) is 0 Å². The molecule has 1 aromatic carbocycles. The van der Waals surface area contributed by atoms with Crippen molar-refractivity contribution in [3.63, 3.8) is 0 Å². The Kier molecular flexibility index (Phi) is 7.81. The summed E-state index contributed by atoms with van der Waals surface area (Å²) in [4.78, 5) is 49.8. The Morgan fingerprint density at radius 3 is 2.70 bits per heavy atom. The number of tetrazole rings is 1. The van der Waals surface area contributed by atoms with Gasteiger partial charge in [0.1, 0.15) is 17.1 Å². The molecule has 0 bridgehead atoms. The zero-order valence-electron chi connectivity index (χ0n) is 18.5. The summed E-state index contributed by atoms with van der Waals surface area (Å²) in [5, 5.41) is 22.2. The average Bonchev–Trinajstić information content (AvgIpc) is 3.29. The molecular weight excluding hydrogens is 552 g/mol. The van der Waals surface area contributed by atoms with Gasteiger partial charge in [-0.3, -0.25) is 23.8 Å². The molecule has 37 heavy (non-hydrogen) atoms. The third-order valence-corrected chi connectivity index (χ3v) is 8.19. The predicted octanol–water partition coefficient (Wildman–Crippen LogP) is -0.737. The van der Waals surface area contributed by atoms with Gasteiger partial charge in [-0.15, -0.1) is 16.9 Å². The van der Waals surface area contributed by atoms with E-state index in [0.29, 0.717) is 11.1 Å². The van der Waals surface area contributed by atoms with Crippen molar-refractivity contribution in [2.24, 2.45) is 0 Å². The SMILES string of the molecule is O=CO[C@@H](C(=O)NC1C(=O)N2C(C(=O)O)=C(CSc3nnnn3CS(=O)(=O)O)CS[C@H]12)c1ccccc1. The van der Waals surface area contributed by atoms with E-state index in [1.54, 1.807) is 30.3 Å². The topological polar surface area (TPSA) is 211 Å². The van der Waals surface area contributed by atoms with Crippen LogP contribution in [-0.4, -0.2) is 90.4 Å². The monoisotopic (exact) mass is 570 g/mol. The molecule has 15 nitrogen and oxygen atoms in total. The number of ether oxygens (including phenoxy) is 1. The Morgan fingerprint density at radius 1 is 1.32 bits per heavy atom. The number of thioether (sulfide) groups is 2. The van der Waals surface area contributed by atoms with Crippen LogP contribution in [0.5, 0.6) is 0 Å². The van der Waals surface area contributed by atoms with Gasteiger partial charge >= 0.3 is 5.97 Å². The van der Waals surface area contributed by atoms with E-state index in [-0.39, 0.29) is 28.8 Å². The van der Waals surface area contributed by atoms with Crippen LogP contribution in [0, 0.1) is 0 Å². The van der Waals surface area contributed by atoms with E-state index in [4.69, 9.17) is 9.29 Å². The summed E-state index contributed by atoms with van der Waals surface area (Å²) in [7, 11) is -4.41. The lowest BCUT2D eigenvalue weighted by Crippen LogP contribution is -2.71. The van der Waals surface area contributed by atoms with Gasteiger partial charge in [-0.05, 0) is 16.0 Å². The van der Waals surface area contributed by atoms with E-state index in [9.17, 15) is 32.7 Å². The first-order chi connectivity index (χ1) is 17.6. The van der Waals surface area contributed by atoms with Gasteiger partial charge in [-0.25, -0.2) is 9.48 Å². The third-order valence-electron chi connectivity index (χ3n) is 5.24. The van der Waals surface area contributed by atoms with Gasteiger partial charge in [-0.2, -0.15) is 8.42 Å². The molecule has 1 unspecified atom stereocenters. The van der Waals surface area contributed by atoms with E-state index < -0.39 is 51.3 Å². The highest BCUT2D eigenvalue weighted by Gasteiger charge is 2.54. The number of carboxylic acids is 1. The summed E-state index contributed by atoms with van der Waals surface area (Å²) in [6, 6.07) is 7.16. The summed E-state index contributed by atoms with van der Waals surface area (Å²) in [5.74, 6) is -3.43. The summed E-state index contributed by atoms with van der Waals surface area (Å²) in [6.45, 7) is 0.128. The number of nitrogens with zero attached hydrogens (tertiary/aromatic N) is 5. The number of hydrogen-bond donors (Lipinski definition) is 3. The number of carbonyl (C=O) groups excluding carboxylic acids is 3. The molecule has 196 valence electrons. The van der Waals surface area contributed by atoms with E-state index in [0.717, 1.165) is 21.3 Å². The molecule has 3 heterocycles. The minimum Gasteiger partial charge on any atom is -0.477 e. The Balaban J connectivity index is 1.48. The van der Waals surface area contributed by atoms with Gasteiger partial charge in [0.15, 0.2) is 5.88 Å². The second-order valence-electron chi connectivity index (χ2n) is 7.64. The maximum atomic E-state index is 12.9. The number of aromatic nitrogens is 4. The number of benzene rings is 1. The van der Waals surface area contributed by atoms with Crippen LogP contribution in [0.4, 0.5) is 0 Å². The van der Waals surface area contributed by atoms with Crippen LogP contribution in [0.15, 0.2) is 46.8 Å². The Labute approximate surface area is 217 Å². The Bertz CT molecular complexity index is 1360. The minimum atomic E-state index is -4.41. The molecule has 2 aromatic rings. The molecule has 1 saturated heterocycles. The lowest BCUT2D eigenvalue weighted by atomic mass is 10.0. The highest BCUT2D eigenvalue weighted by atomic mass is 32.2. The van der Waals surface area contributed by atoms with Gasteiger partial charge in [0.2, 0.25) is 11.3 Å². The molecule has 2 aliphatic rings. The number of nitrogens with one attached hydrogen (secondary N) is 1. The lowest BCUT2D eigenvalue weighted by molar-refractivity contribution is -0.154. The van der Waals surface area contributed by atoms with Gasteiger partial charge in [-0.1, -0.05) is 42.1 Å². The smallest absolute Gasteiger partial charge is 0.352 e. The number of carbonyl (C=O) groups is 4. The maximum Gasteiger partial charge on any atom is 0.352 e. The highest BCUT2D eigenvalue weighted by molar-refractivity contribution is 8.01. The first-order valence-electron chi connectivity index (χ1n) is 10.3. The lowest BCUT2D eigenvalue weighted by Gasteiger charge is -2.49. The summed E-state index contributed by atoms with van der Waals surface area (Å²) < 4.78 is 37.0. The number of β-lactam (4-membered cyclic amide) rings is 1.